The third-order valence-corrected chi connectivity index (χ3v) is 5.04. The number of carbonyl (C=O) groups is 2. The molecule has 1 aliphatic heterocycles. The van der Waals surface area contributed by atoms with Gasteiger partial charge in [-0.05, 0) is 54.1 Å². The van der Waals surface area contributed by atoms with Gasteiger partial charge in [-0.1, -0.05) is 15.9 Å². The number of nitro benzene ring substituents is 1. The van der Waals surface area contributed by atoms with Crippen LogP contribution in [0.1, 0.15) is 27.4 Å². The van der Waals surface area contributed by atoms with Crippen molar-refractivity contribution in [3.63, 3.8) is 0 Å². The Bertz CT molecular complexity index is 1160. The Labute approximate surface area is 173 Å². The first-order chi connectivity index (χ1) is 14.0. The number of hydrogen-bond donors (Lipinski definition) is 0. The number of rotatable bonds is 5. The smallest absolute Gasteiger partial charge is 0.269 e. The number of furan rings is 1. The van der Waals surface area contributed by atoms with Gasteiger partial charge in [0.15, 0.2) is 12.0 Å². The standard InChI is InChI=1S/C21H13BrN2O5/c22-14-3-8-20-18(10-14)19(9-13-1-4-15(5-2-13)24(27)28)21(26)23(20)11-16-6-7-17(12-25)29-16/h1-10,12H,11H2/b19-9+. The number of halogens is 1. The fourth-order valence-corrected chi connectivity index (χ4v) is 3.54. The summed E-state index contributed by atoms with van der Waals surface area (Å²) in [5.41, 5.74) is 2.59. The molecule has 0 radical (unpaired) electrons. The van der Waals surface area contributed by atoms with Gasteiger partial charge in [0, 0.05) is 27.7 Å². The second kappa shape index (κ2) is 7.48. The van der Waals surface area contributed by atoms with E-state index in [4.69, 9.17) is 4.42 Å². The average Bonchev–Trinajstić information content (AvgIpc) is 3.27. The van der Waals surface area contributed by atoms with Crippen LogP contribution < -0.4 is 4.90 Å². The number of nitrogens with zero attached hydrogens (tertiary/aromatic N) is 2. The van der Waals surface area contributed by atoms with Gasteiger partial charge in [-0.2, -0.15) is 0 Å². The minimum absolute atomic E-state index is 0.0153. The van der Waals surface area contributed by atoms with E-state index in [1.807, 2.05) is 18.2 Å². The lowest BCUT2D eigenvalue weighted by atomic mass is 10.0. The molecule has 7 nitrogen and oxygen atoms in total. The number of non-ortho nitro benzene ring substituents is 1. The Hall–Kier alpha value is -3.52. The number of benzene rings is 2. The van der Waals surface area contributed by atoms with Gasteiger partial charge in [0.2, 0.25) is 0 Å². The Morgan fingerprint density at radius 2 is 1.86 bits per heavy atom. The molecule has 0 bridgehead atoms. The maximum absolute atomic E-state index is 13.2. The van der Waals surface area contributed by atoms with E-state index in [1.54, 1.807) is 35.2 Å². The zero-order valence-corrected chi connectivity index (χ0v) is 16.5. The molecule has 0 saturated heterocycles. The summed E-state index contributed by atoms with van der Waals surface area (Å²) < 4.78 is 6.24. The second-order valence-electron chi connectivity index (χ2n) is 6.38. The molecule has 144 valence electrons. The van der Waals surface area contributed by atoms with Crippen molar-refractivity contribution >= 4 is 51.1 Å². The van der Waals surface area contributed by atoms with Crippen LogP contribution in [0.15, 0.2) is 63.5 Å². The van der Waals surface area contributed by atoms with Crippen LogP contribution in [0, 0.1) is 10.1 Å². The summed E-state index contributed by atoms with van der Waals surface area (Å²) in [6, 6.07) is 14.7. The Morgan fingerprint density at radius 1 is 1.10 bits per heavy atom. The lowest BCUT2D eigenvalue weighted by molar-refractivity contribution is -0.384. The van der Waals surface area contributed by atoms with Crippen molar-refractivity contribution in [1.82, 2.24) is 0 Å². The molecule has 0 fully saturated rings. The molecule has 1 aliphatic rings. The van der Waals surface area contributed by atoms with E-state index >= 15 is 0 Å². The molecular weight excluding hydrogens is 440 g/mol. The van der Waals surface area contributed by atoms with Gasteiger partial charge < -0.3 is 9.32 Å². The van der Waals surface area contributed by atoms with E-state index in [-0.39, 0.29) is 23.9 Å². The van der Waals surface area contributed by atoms with E-state index < -0.39 is 4.92 Å². The zero-order chi connectivity index (χ0) is 20.5. The van der Waals surface area contributed by atoms with Gasteiger partial charge in [0.1, 0.15) is 5.76 Å². The number of aldehydes is 1. The van der Waals surface area contributed by atoms with Crippen molar-refractivity contribution in [2.75, 3.05) is 4.90 Å². The summed E-state index contributed by atoms with van der Waals surface area (Å²) in [6.45, 7) is 0.179. The first-order valence-corrected chi connectivity index (χ1v) is 9.37. The Kier molecular flexibility index (Phi) is 4.85. The molecule has 0 aliphatic carbocycles. The van der Waals surface area contributed by atoms with Gasteiger partial charge in [-0.25, -0.2) is 0 Å². The lowest BCUT2D eigenvalue weighted by Gasteiger charge is -2.15. The number of hydrogen-bond acceptors (Lipinski definition) is 5. The molecule has 2 aromatic carbocycles. The predicted molar refractivity (Wildman–Crippen MR) is 110 cm³/mol. The van der Waals surface area contributed by atoms with E-state index in [9.17, 15) is 19.7 Å². The molecule has 8 heteroatoms. The topological polar surface area (TPSA) is 93.7 Å². The van der Waals surface area contributed by atoms with Crippen LogP contribution in [0.25, 0.3) is 11.6 Å². The van der Waals surface area contributed by atoms with E-state index in [0.717, 1.165) is 15.7 Å². The Morgan fingerprint density at radius 3 is 2.52 bits per heavy atom. The molecule has 0 unspecified atom stereocenters. The predicted octanol–water partition coefficient (Wildman–Crippen LogP) is 4.85. The summed E-state index contributed by atoms with van der Waals surface area (Å²) in [4.78, 5) is 36.0. The first-order valence-electron chi connectivity index (χ1n) is 8.58. The number of anilines is 1. The number of fused-ring (bicyclic) bond motifs is 1. The molecule has 1 aromatic heterocycles. The third kappa shape index (κ3) is 3.62. The maximum atomic E-state index is 13.2. The van der Waals surface area contributed by atoms with Crippen LogP contribution >= 0.6 is 15.9 Å². The van der Waals surface area contributed by atoms with Crippen LogP contribution in [0.2, 0.25) is 0 Å². The molecule has 3 aromatic rings. The van der Waals surface area contributed by atoms with Crippen LogP contribution in [0.5, 0.6) is 0 Å². The average molecular weight is 453 g/mol. The van der Waals surface area contributed by atoms with Crippen molar-refractivity contribution in [3.05, 3.63) is 91.8 Å². The number of nitro groups is 1. The molecule has 0 atom stereocenters. The summed E-state index contributed by atoms with van der Waals surface area (Å²) >= 11 is 3.43. The summed E-state index contributed by atoms with van der Waals surface area (Å²) in [7, 11) is 0. The molecular formula is C21H13BrN2O5. The molecule has 29 heavy (non-hydrogen) atoms. The lowest BCUT2D eigenvalue weighted by Crippen LogP contribution is -2.25. The van der Waals surface area contributed by atoms with Crippen LogP contribution in [-0.4, -0.2) is 17.1 Å². The van der Waals surface area contributed by atoms with Gasteiger partial charge >= 0.3 is 0 Å². The molecule has 2 heterocycles. The van der Waals surface area contributed by atoms with Gasteiger partial charge in [-0.3, -0.25) is 19.7 Å². The van der Waals surface area contributed by atoms with Crippen molar-refractivity contribution in [2.24, 2.45) is 0 Å². The summed E-state index contributed by atoms with van der Waals surface area (Å²) in [6.07, 6.45) is 2.32. The highest BCUT2D eigenvalue weighted by atomic mass is 79.9. The van der Waals surface area contributed by atoms with E-state index in [2.05, 4.69) is 15.9 Å². The highest BCUT2D eigenvalue weighted by molar-refractivity contribution is 9.10. The molecule has 1 amide bonds. The molecule has 4 rings (SSSR count). The van der Waals surface area contributed by atoms with Crippen molar-refractivity contribution in [1.29, 1.82) is 0 Å². The normalized spacial score (nSPS) is 14.3. The van der Waals surface area contributed by atoms with E-state index in [1.165, 1.54) is 12.1 Å². The number of amides is 1. The zero-order valence-electron chi connectivity index (χ0n) is 14.9. The molecule has 0 spiro atoms. The van der Waals surface area contributed by atoms with Crippen LogP contribution in [0.4, 0.5) is 11.4 Å². The number of carbonyl (C=O) groups excluding carboxylic acids is 2. The maximum Gasteiger partial charge on any atom is 0.269 e. The minimum Gasteiger partial charge on any atom is -0.456 e. The quantitative estimate of drug-likeness (QED) is 0.238. The SMILES string of the molecule is O=Cc1ccc(CN2C(=O)/C(=C/c3ccc([N+](=O)[O-])cc3)c3cc(Br)ccc32)o1. The first kappa shape index (κ1) is 18.8. The monoisotopic (exact) mass is 452 g/mol. The minimum atomic E-state index is -0.470. The largest absolute Gasteiger partial charge is 0.456 e. The van der Waals surface area contributed by atoms with Crippen molar-refractivity contribution < 1.29 is 18.9 Å². The molecule has 0 saturated carbocycles. The second-order valence-corrected chi connectivity index (χ2v) is 7.30. The van der Waals surface area contributed by atoms with Crippen LogP contribution in [0.3, 0.4) is 0 Å². The van der Waals surface area contributed by atoms with E-state index in [0.29, 0.717) is 23.2 Å². The molecule has 0 N–H and O–H groups in total. The van der Waals surface area contributed by atoms with Crippen LogP contribution in [-0.2, 0) is 11.3 Å². The highest BCUT2D eigenvalue weighted by Crippen LogP contribution is 2.40. The Balaban J connectivity index is 1.73. The fraction of sp³-hybridized carbons (Fsp3) is 0.0476. The van der Waals surface area contributed by atoms with Gasteiger partial charge in [0.25, 0.3) is 11.6 Å². The van der Waals surface area contributed by atoms with Crippen molar-refractivity contribution in [2.45, 2.75) is 6.54 Å². The van der Waals surface area contributed by atoms with Gasteiger partial charge in [-0.15, -0.1) is 0 Å². The fourth-order valence-electron chi connectivity index (χ4n) is 3.18. The third-order valence-electron chi connectivity index (χ3n) is 4.54. The summed E-state index contributed by atoms with van der Waals surface area (Å²) in [5.74, 6) is 0.468. The highest BCUT2D eigenvalue weighted by Gasteiger charge is 2.33. The van der Waals surface area contributed by atoms with Crippen molar-refractivity contribution in [3.8, 4) is 0 Å². The summed E-state index contributed by atoms with van der Waals surface area (Å²) in [5, 5.41) is 10.8. The van der Waals surface area contributed by atoms with Gasteiger partial charge in [0.05, 0.1) is 17.2 Å².